The molecular weight excluding hydrogens is 271 g/mol. The topological polar surface area (TPSA) is 30.5 Å². The van der Waals surface area contributed by atoms with Crippen LogP contribution in [-0.2, 0) is 11.2 Å². The molecule has 0 aliphatic carbocycles. The second kappa shape index (κ2) is 8.11. The standard InChI is InChI=1S/C14H20F3NO2/c1-11(10-18-7-8-19-2)9-12-3-5-13(6-4-12)20-14(15,16)17/h3-6,11,18H,7-10H2,1-2H3. The minimum absolute atomic E-state index is 0.188. The van der Waals surface area contributed by atoms with Gasteiger partial charge in [0.2, 0.25) is 0 Å². The summed E-state index contributed by atoms with van der Waals surface area (Å²) >= 11 is 0. The van der Waals surface area contributed by atoms with Gasteiger partial charge < -0.3 is 14.8 Å². The minimum atomic E-state index is -4.64. The molecule has 0 bridgehead atoms. The number of hydrogen-bond donors (Lipinski definition) is 1. The Morgan fingerprint density at radius 2 is 1.85 bits per heavy atom. The quantitative estimate of drug-likeness (QED) is 0.747. The highest BCUT2D eigenvalue weighted by molar-refractivity contribution is 5.27. The normalized spacial score (nSPS) is 13.2. The van der Waals surface area contributed by atoms with Crippen molar-refractivity contribution in [2.24, 2.45) is 5.92 Å². The third-order valence-electron chi connectivity index (χ3n) is 2.72. The van der Waals surface area contributed by atoms with Crippen LogP contribution in [0.15, 0.2) is 24.3 Å². The zero-order valence-electron chi connectivity index (χ0n) is 11.7. The number of rotatable bonds is 8. The summed E-state index contributed by atoms with van der Waals surface area (Å²) in [6.07, 6.45) is -3.84. The van der Waals surface area contributed by atoms with E-state index < -0.39 is 6.36 Å². The highest BCUT2D eigenvalue weighted by atomic mass is 19.4. The maximum atomic E-state index is 12.0. The number of benzene rings is 1. The highest BCUT2D eigenvalue weighted by Gasteiger charge is 2.30. The molecule has 1 atom stereocenters. The molecule has 114 valence electrons. The molecule has 0 saturated heterocycles. The van der Waals surface area contributed by atoms with Gasteiger partial charge in [-0.15, -0.1) is 13.2 Å². The molecule has 0 aliphatic heterocycles. The predicted octanol–water partition coefficient (Wildman–Crippen LogP) is 3.00. The van der Waals surface area contributed by atoms with E-state index in [-0.39, 0.29) is 5.75 Å². The maximum Gasteiger partial charge on any atom is 0.573 e. The number of nitrogens with one attached hydrogen (secondary N) is 1. The van der Waals surface area contributed by atoms with Crippen LogP contribution in [0.2, 0.25) is 0 Å². The zero-order chi connectivity index (χ0) is 15.0. The molecule has 0 saturated carbocycles. The van der Waals surface area contributed by atoms with E-state index in [9.17, 15) is 13.2 Å². The fourth-order valence-corrected chi connectivity index (χ4v) is 1.82. The van der Waals surface area contributed by atoms with Gasteiger partial charge in [-0.2, -0.15) is 0 Å². The van der Waals surface area contributed by atoms with Gasteiger partial charge in [0.1, 0.15) is 5.75 Å². The van der Waals surface area contributed by atoms with Gasteiger partial charge in [0.05, 0.1) is 6.61 Å². The number of alkyl halides is 3. The van der Waals surface area contributed by atoms with Crippen LogP contribution in [-0.4, -0.2) is 33.2 Å². The van der Waals surface area contributed by atoms with Crippen LogP contribution < -0.4 is 10.1 Å². The Morgan fingerprint density at radius 1 is 1.20 bits per heavy atom. The minimum Gasteiger partial charge on any atom is -0.406 e. The Balaban J connectivity index is 2.37. The molecule has 1 rings (SSSR count). The predicted molar refractivity (Wildman–Crippen MR) is 70.7 cm³/mol. The van der Waals surface area contributed by atoms with Gasteiger partial charge in [0.15, 0.2) is 0 Å². The lowest BCUT2D eigenvalue weighted by molar-refractivity contribution is -0.274. The van der Waals surface area contributed by atoms with Gasteiger partial charge in [-0.3, -0.25) is 0 Å². The molecule has 1 aromatic carbocycles. The van der Waals surface area contributed by atoms with Crippen molar-refractivity contribution in [3.8, 4) is 5.75 Å². The van der Waals surface area contributed by atoms with Gasteiger partial charge in [-0.25, -0.2) is 0 Å². The smallest absolute Gasteiger partial charge is 0.406 e. The van der Waals surface area contributed by atoms with Crippen molar-refractivity contribution >= 4 is 0 Å². The lowest BCUT2D eigenvalue weighted by atomic mass is 10.0. The summed E-state index contributed by atoms with van der Waals surface area (Å²) in [5, 5.41) is 3.25. The molecule has 3 nitrogen and oxygen atoms in total. The van der Waals surface area contributed by atoms with Gasteiger partial charge in [-0.1, -0.05) is 19.1 Å². The first-order valence-electron chi connectivity index (χ1n) is 6.45. The van der Waals surface area contributed by atoms with E-state index in [4.69, 9.17) is 4.74 Å². The summed E-state index contributed by atoms with van der Waals surface area (Å²) in [5.74, 6) is 0.202. The van der Waals surface area contributed by atoms with E-state index in [0.717, 1.165) is 25.1 Å². The SMILES string of the molecule is COCCNCC(C)Cc1ccc(OC(F)(F)F)cc1. The van der Waals surface area contributed by atoms with Crippen molar-refractivity contribution in [1.29, 1.82) is 0 Å². The first kappa shape index (κ1) is 16.8. The largest absolute Gasteiger partial charge is 0.573 e. The lowest BCUT2D eigenvalue weighted by Crippen LogP contribution is -2.25. The average Bonchev–Trinajstić information content (AvgIpc) is 2.35. The van der Waals surface area contributed by atoms with Crippen LogP contribution in [0.5, 0.6) is 5.75 Å². The van der Waals surface area contributed by atoms with Crippen LogP contribution in [0.4, 0.5) is 13.2 Å². The van der Waals surface area contributed by atoms with E-state index in [2.05, 4.69) is 17.0 Å². The first-order valence-corrected chi connectivity index (χ1v) is 6.45. The fourth-order valence-electron chi connectivity index (χ4n) is 1.82. The van der Waals surface area contributed by atoms with Crippen LogP contribution in [0.1, 0.15) is 12.5 Å². The average molecular weight is 291 g/mol. The molecule has 0 fully saturated rings. The van der Waals surface area contributed by atoms with Crippen molar-refractivity contribution in [1.82, 2.24) is 5.32 Å². The van der Waals surface area contributed by atoms with Crippen LogP contribution in [0.25, 0.3) is 0 Å². The van der Waals surface area contributed by atoms with Gasteiger partial charge in [0, 0.05) is 13.7 Å². The molecule has 1 unspecified atom stereocenters. The number of methoxy groups -OCH3 is 1. The highest BCUT2D eigenvalue weighted by Crippen LogP contribution is 2.23. The van der Waals surface area contributed by atoms with Crippen LogP contribution >= 0.6 is 0 Å². The third-order valence-corrected chi connectivity index (χ3v) is 2.72. The van der Waals surface area contributed by atoms with Crippen molar-refractivity contribution in [3.63, 3.8) is 0 Å². The second-order valence-corrected chi connectivity index (χ2v) is 4.70. The molecule has 0 aliphatic rings. The molecule has 1 N–H and O–H groups in total. The number of ether oxygens (including phenoxy) is 2. The van der Waals surface area contributed by atoms with Gasteiger partial charge in [-0.05, 0) is 36.6 Å². The van der Waals surface area contributed by atoms with Gasteiger partial charge >= 0.3 is 6.36 Å². The molecule has 1 aromatic rings. The Kier molecular flexibility index (Phi) is 6.81. The molecule has 0 amide bonds. The Morgan fingerprint density at radius 3 is 2.40 bits per heavy atom. The maximum absolute atomic E-state index is 12.0. The molecular formula is C14H20F3NO2. The van der Waals surface area contributed by atoms with Crippen LogP contribution in [0, 0.1) is 5.92 Å². The third kappa shape index (κ3) is 7.35. The molecule has 0 aromatic heterocycles. The Bertz CT molecular complexity index is 379. The Labute approximate surface area is 117 Å². The van der Waals surface area contributed by atoms with E-state index in [1.54, 1.807) is 19.2 Å². The molecule has 0 heterocycles. The summed E-state index contributed by atoms with van der Waals surface area (Å²) in [5.41, 5.74) is 0.987. The van der Waals surface area contributed by atoms with Crippen molar-refractivity contribution in [3.05, 3.63) is 29.8 Å². The summed E-state index contributed by atoms with van der Waals surface area (Å²) < 4.78 is 44.8. The number of hydrogen-bond acceptors (Lipinski definition) is 3. The summed E-state index contributed by atoms with van der Waals surface area (Å²) in [6.45, 7) is 4.37. The summed E-state index contributed by atoms with van der Waals surface area (Å²) in [6, 6.07) is 6.00. The molecule has 0 radical (unpaired) electrons. The van der Waals surface area contributed by atoms with Crippen molar-refractivity contribution < 1.29 is 22.6 Å². The van der Waals surface area contributed by atoms with E-state index in [1.165, 1.54) is 12.1 Å². The summed E-state index contributed by atoms with van der Waals surface area (Å²) in [4.78, 5) is 0. The molecule has 0 spiro atoms. The number of halogens is 3. The van der Waals surface area contributed by atoms with Crippen LogP contribution in [0.3, 0.4) is 0 Å². The Hall–Kier alpha value is -1.27. The fraction of sp³-hybridized carbons (Fsp3) is 0.571. The second-order valence-electron chi connectivity index (χ2n) is 4.70. The zero-order valence-corrected chi connectivity index (χ0v) is 11.7. The van der Waals surface area contributed by atoms with E-state index in [1.807, 2.05) is 0 Å². The van der Waals surface area contributed by atoms with Crippen molar-refractivity contribution in [2.75, 3.05) is 26.8 Å². The van der Waals surface area contributed by atoms with E-state index >= 15 is 0 Å². The first-order chi connectivity index (χ1) is 9.40. The molecule has 20 heavy (non-hydrogen) atoms. The lowest BCUT2D eigenvalue weighted by Gasteiger charge is -2.13. The van der Waals surface area contributed by atoms with E-state index in [0.29, 0.717) is 12.5 Å². The monoisotopic (exact) mass is 291 g/mol. The van der Waals surface area contributed by atoms with Gasteiger partial charge in [0.25, 0.3) is 0 Å². The molecule has 6 heteroatoms. The summed E-state index contributed by atoms with van der Waals surface area (Å²) in [7, 11) is 1.65. The van der Waals surface area contributed by atoms with Crippen molar-refractivity contribution in [2.45, 2.75) is 19.7 Å².